The van der Waals surface area contributed by atoms with Gasteiger partial charge in [-0.1, -0.05) is 23.8 Å². The monoisotopic (exact) mass is 450 g/mol. The zero-order chi connectivity index (χ0) is 21.3. The van der Waals surface area contributed by atoms with Gasteiger partial charge in [0.2, 0.25) is 0 Å². The Balaban J connectivity index is 1.77. The minimum Gasteiger partial charge on any atom is -0.430 e. The van der Waals surface area contributed by atoms with Crippen molar-refractivity contribution in [3.8, 4) is 11.4 Å². The van der Waals surface area contributed by atoms with Gasteiger partial charge in [-0.2, -0.15) is 4.58 Å². The van der Waals surface area contributed by atoms with Crippen LogP contribution < -0.4 is 5.69 Å². The molecular weight excluding hydrogens is 429 g/mol. The summed E-state index contributed by atoms with van der Waals surface area (Å²) in [5.41, 5.74) is 1.11. The highest BCUT2D eigenvalue weighted by molar-refractivity contribution is 6.33. The van der Waals surface area contributed by atoms with Crippen molar-refractivity contribution in [1.29, 1.82) is 0 Å². The Morgan fingerprint density at radius 1 is 1.37 bits per heavy atom. The molecule has 1 fully saturated rings. The van der Waals surface area contributed by atoms with Crippen LogP contribution in [0.4, 0.5) is 0 Å². The van der Waals surface area contributed by atoms with E-state index in [1.165, 1.54) is 18.0 Å². The number of methoxy groups -OCH3 is 1. The van der Waals surface area contributed by atoms with Crippen LogP contribution in [0.2, 0.25) is 5.02 Å². The molecule has 0 radical (unpaired) electrons. The Morgan fingerprint density at radius 3 is 2.77 bits per heavy atom. The van der Waals surface area contributed by atoms with E-state index in [0.29, 0.717) is 54.5 Å². The Hall–Kier alpha value is -2.58. The number of piperidine rings is 1. The van der Waals surface area contributed by atoms with Crippen molar-refractivity contribution < 1.29 is 14.4 Å². The van der Waals surface area contributed by atoms with Gasteiger partial charge in [-0.05, 0) is 18.6 Å². The molecule has 0 spiro atoms. The molecule has 158 valence electrons. The van der Waals surface area contributed by atoms with Crippen LogP contribution in [0.5, 0.6) is 0 Å². The summed E-state index contributed by atoms with van der Waals surface area (Å²) in [7, 11) is 1.43. The average molecular weight is 451 g/mol. The second-order valence-electron chi connectivity index (χ2n) is 7.19. The molecule has 1 N–H and O–H groups in total. The molecule has 2 aromatic rings. The summed E-state index contributed by atoms with van der Waals surface area (Å²) in [6.07, 6.45) is 10.6. The van der Waals surface area contributed by atoms with Gasteiger partial charge in [0.15, 0.2) is 18.9 Å². The summed E-state index contributed by atoms with van der Waals surface area (Å²) < 4.78 is 9.74. The molecule has 1 saturated heterocycles. The van der Waals surface area contributed by atoms with Crippen LogP contribution >= 0.6 is 23.2 Å². The van der Waals surface area contributed by atoms with Crippen LogP contribution in [-0.2, 0) is 4.74 Å². The zero-order valence-electron chi connectivity index (χ0n) is 16.4. The molecule has 0 bridgehead atoms. The molecule has 1 atom stereocenters. The van der Waals surface area contributed by atoms with Crippen molar-refractivity contribution in [1.82, 2.24) is 19.3 Å². The number of ether oxygens (including phenoxy) is 1. The first-order chi connectivity index (χ1) is 14.5. The predicted molar refractivity (Wildman–Crippen MR) is 115 cm³/mol. The Bertz CT molecular complexity index is 1090. The van der Waals surface area contributed by atoms with E-state index in [2.05, 4.69) is 10.1 Å². The van der Waals surface area contributed by atoms with E-state index in [1.54, 1.807) is 21.4 Å². The third-order valence-corrected chi connectivity index (χ3v) is 5.99. The van der Waals surface area contributed by atoms with E-state index < -0.39 is 0 Å². The van der Waals surface area contributed by atoms with Gasteiger partial charge in [0.1, 0.15) is 0 Å². The maximum absolute atomic E-state index is 13.4. The first-order valence-electron chi connectivity index (χ1n) is 9.68. The molecule has 1 aliphatic heterocycles. The van der Waals surface area contributed by atoms with Crippen molar-refractivity contribution in [2.24, 2.45) is 0 Å². The Morgan fingerprint density at radius 2 is 2.13 bits per heavy atom. The summed E-state index contributed by atoms with van der Waals surface area (Å²) in [4.78, 5) is 17.5. The van der Waals surface area contributed by atoms with E-state index in [9.17, 15) is 9.90 Å². The summed E-state index contributed by atoms with van der Waals surface area (Å²) in [6, 6.07) is 1.64. The molecule has 10 heteroatoms. The van der Waals surface area contributed by atoms with Crippen LogP contribution in [0.25, 0.3) is 17.1 Å². The third kappa shape index (κ3) is 3.89. The topological polar surface area (TPSA) is 85.2 Å². The van der Waals surface area contributed by atoms with Gasteiger partial charge >= 0.3 is 11.8 Å². The number of halogens is 2. The van der Waals surface area contributed by atoms with Gasteiger partial charge in [0, 0.05) is 36.5 Å². The SMILES string of the molecule is COC(O)=[N+]1CCC(n2nc(-c3ccncc3Cl)n(C3=CCC(Cl)C=C3)c2=O)CC1. The molecule has 1 unspecified atom stereocenters. The second kappa shape index (κ2) is 8.65. The predicted octanol–water partition coefficient (Wildman–Crippen LogP) is 3.08. The van der Waals surface area contributed by atoms with Crippen molar-refractivity contribution in [2.45, 2.75) is 30.7 Å². The summed E-state index contributed by atoms with van der Waals surface area (Å²) in [5.74, 6) is 0.463. The second-order valence-corrected chi connectivity index (χ2v) is 8.15. The van der Waals surface area contributed by atoms with Gasteiger partial charge in [-0.15, -0.1) is 16.7 Å². The molecule has 3 heterocycles. The Labute approximate surface area is 183 Å². The van der Waals surface area contributed by atoms with Crippen molar-refractivity contribution >= 4 is 35.0 Å². The first kappa shape index (κ1) is 20.7. The standard InChI is InChI=1S/C20H21Cl2N5O3/c1-30-20(29)25-10-7-15(8-11-25)27-19(28)26(14-4-2-13(21)3-5-14)18(24-27)16-6-9-23-12-17(16)22/h2,4-6,9,12-13,15H,3,7-8,10-11H2,1H3/p+1. The van der Waals surface area contributed by atoms with Gasteiger partial charge in [0.25, 0.3) is 0 Å². The minimum absolute atomic E-state index is 0.0958. The number of hydrogen-bond acceptors (Lipinski definition) is 4. The maximum atomic E-state index is 13.4. The Kier molecular flexibility index (Phi) is 5.97. The molecule has 0 amide bonds. The highest BCUT2D eigenvalue weighted by atomic mass is 35.5. The van der Waals surface area contributed by atoms with Gasteiger partial charge in [0.05, 0.1) is 23.6 Å². The molecule has 0 aromatic carbocycles. The number of aliphatic hydroxyl groups excluding tert-OH is 1. The van der Waals surface area contributed by atoms with Crippen LogP contribution in [0.1, 0.15) is 25.3 Å². The first-order valence-corrected chi connectivity index (χ1v) is 10.5. The van der Waals surface area contributed by atoms with Crippen molar-refractivity contribution in [3.63, 3.8) is 0 Å². The van der Waals surface area contributed by atoms with E-state index in [1.807, 2.05) is 18.2 Å². The fraction of sp³-hybridized carbons (Fsp3) is 0.400. The lowest BCUT2D eigenvalue weighted by molar-refractivity contribution is -0.556. The summed E-state index contributed by atoms with van der Waals surface area (Å²) in [5, 5.41) is 14.8. The van der Waals surface area contributed by atoms with Crippen molar-refractivity contribution in [3.05, 3.63) is 52.2 Å². The molecule has 30 heavy (non-hydrogen) atoms. The van der Waals surface area contributed by atoms with Crippen LogP contribution in [0.15, 0.2) is 41.5 Å². The summed E-state index contributed by atoms with van der Waals surface area (Å²) >= 11 is 12.5. The van der Waals surface area contributed by atoms with Gasteiger partial charge in [-0.3, -0.25) is 4.98 Å². The van der Waals surface area contributed by atoms with Crippen molar-refractivity contribution in [2.75, 3.05) is 20.2 Å². The van der Waals surface area contributed by atoms with E-state index in [4.69, 9.17) is 27.9 Å². The smallest absolute Gasteiger partial charge is 0.430 e. The molecule has 4 rings (SSSR count). The van der Waals surface area contributed by atoms with E-state index in [-0.39, 0.29) is 23.2 Å². The lowest BCUT2D eigenvalue weighted by Gasteiger charge is -2.19. The summed E-state index contributed by atoms with van der Waals surface area (Å²) in [6.45, 7) is 1.12. The van der Waals surface area contributed by atoms with Gasteiger partial charge < -0.3 is 9.84 Å². The van der Waals surface area contributed by atoms with Crippen LogP contribution in [0, 0.1) is 0 Å². The minimum atomic E-state index is -0.236. The largest absolute Gasteiger partial charge is 0.546 e. The maximum Gasteiger partial charge on any atom is 0.546 e. The number of aromatic nitrogens is 4. The lowest BCUT2D eigenvalue weighted by Crippen LogP contribution is -2.36. The number of aliphatic hydroxyl groups is 1. The van der Waals surface area contributed by atoms with Gasteiger partial charge in [-0.25, -0.2) is 14.0 Å². The fourth-order valence-corrected chi connectivity index (χ4v) is 4.13. The molecule has 8 nitrogen and oxygen atoms in total. The highest BCUT2D eigenvalue weighted by Crippen LogP contribution is 2.29. The molecule has 0 saturated carbocycles. The number of nitrogens with zero attached hydrogens (tertiary/aromatic N) is 5. The molecule has 2 aliphatic rings. The third-order valence-electron chi connectivity index (χ3n) is 5.36. The number of rotatable bonds is 3. The number of pyridine rings is 1. The highest BCUT2D eigenvalue weighted by Gasteiger charge is 2.30. The fourth-order valence-electron chi connectivity index (χ4n) is 3.76. The van der Waals surface area contributed by atoms with Crippen LogP contribution in [0.3, 0.4) is 0 Å². The number of alkyl halides is 1. The molecule has 2 aromatic heterocycles. The molecular formula is C20H22Cl2N5O3+. The van der Waals surface area contributed by atoms with E-state index >= 15 is 0 Å². The molecule has 1 aliphatic carbocycles. The van der Waals surface area contributed by atoms with E-state index in [0.717, 1.165) is 0 Å². The number of allylic oxidation sites excluding steroid dienone is 4. The quantitative estimate of drug-likeness (QED) is 0.441. The zero-order valence-corrected chi connectivity index (χ0v) is 17.9. The lowest BCUT2D eigenvalue weighted by atomic mass is 10.1. The van der Waals surface area contributed by atoms with Crippen LogP contribution in [-0.4, -0.2) is 60.7 Å². The average Bonchev–Trinajstić information content (AvgIpc) is 3.11. The normalized spacial score (nSPS) is 21.4. The number of hydrogen-bond donors (Lipinski definition) is 1.